The van der Waals surface area contributed by atoms with Gasteiger partial charge in [0.1, 0.15) is 24.1 Å². The number of methoxy groups -OCH3 is 1. The van der Waals surface area contributed by atoms with Crippen LogP contribution in [0.2, 0.25) is 0 Å². The van der Waals surface area contributed by atoms with Crippen molar-refractivity contribution in [1.82, 2.24) is 0 Å². The minimum absolute atomic E-state index is 0.00431. The number of esters is 1. The Bertz CT molecular complexity index is 608. The Morgan fingerprint density at radius 1 is 1.06 bits per heavy atom. The largest absolute Gasteiger partial charge is 0.465 e. The van der Waals surface area contributed by atoms with E-state index in [2.05, 4.69) is 0 Å². The van der Waals surface area contributed by atoms with Crippen LogP contribution in [0, 0.1) is 0 Å². The van der Waals surface area contributed by atoms with Crippen LogP contribution in [0.25, 0.3) is 0 Å². The van der Waals surface area contributed by atoms with E-state index in [1.807, 2.05) is 13.8 Å². The highest BCUT2D eigenvalue weighted by atomic mass is 16.8. The summed E-state index contributed by atoms with van der Waals surface area (Å²) >= 11 is 0. The van der Waals surface area contributed by atoms with Crippen molar-refractivity contribution in [1.29, 1.82) is 0 Å². The third-order valence-corrected chi connectivity index (χ3v) is 5.76. The number of carbonyl (C=O) groups excluding carboxylic acids is 2. The molecule has 1 unspecified atom stereocenters. The van der Waals surface area contributed by atoms with Crippen LogP contribution in [-0.4, -0.2) is 79.8 Å². The average molecular weight is 461 g/mol. The molecule has 9 nitrogen and oxygen atoms in total. The summed E-state index contributed by atoms with van der Waals surface area (Å²) in [6.45, 7) is 8.19. The van der Waals surface area contributed by atoms with E-state index in [0.717, 1.165) is 25.7 Å². The van der Waals surface area contributed by atoms with Crippen LogP contribution in [0.1, 0.15) is 72.6 Å². The lowest BCUT2D eigenvalue weighted by atomic mass is 9.92. The molecule has 0 aromatic carbocycles. The van der Waals surface area contributed by atoms with Crippen LogP contribution < -0.4 is 0 Å². The lowest BCUT2D eigenvalue weighted by molar-refractivity contribution is -0.329. The SMILES string of the molecule is CCCCO[C@@H]1C[C@](OCCC(=O)CCCC)(C(=O)OC)OC([C@H]2COC(C)(C)O2)[C@@H]1O. The van der Waals surface area contributed by atoms with Crippen molar-refractivity contribution in [3.8, 4) is 0 Å². The number of hydrogen-bond donors (Lipinski definition) is 1. The van der Waals surface area contributed by atoms with Crippen LogP contribution in [0.3, 0.4) is 0 Å². The first-order valence-electron chi connectivity index (χ1n) is 11.7. The average Bonchev–Trinajstić information content (AvgIpc) is 3.13. The molecule has 0 saturated carbocycles. The van der Waals surface area contributed by atoms with Gasteiger partial charge >= 0.3 is 5.97 Å². The normalized spacial score (nSPS) is 32.1. The molecule has 5 atom stereocenters. The molecule has 2 fully saturated rings. The molecule has 186 valence electrons. The molecule has 2 aliphatic heterocycles. The molecular weight excluding hydrogens is 420 g/mol. The van der Waals surface area contributed by atoms with Gasteiger partial charge in [-0.1, -0.05) is 26.7 Å². The van der Waals surface area contributed by atoms with Crippen LogP contribution in [-0.2, 0) is 38.0 Å². The number of unbranched alkanes of at least 4 members (excludes halogenated alkanes) is 2. The molecule has 2 saturated heterocycles. The van der Waals surface area contributed by atoms with E-state index in [-0.39, 0.29) is 31.8 Å². The Hall–Kier alpha value is -1.10. The second kappa shape index (κ2) is 12.4. The summed E-state index contributed by atoms with van der Waals surface area (Å²) in [5, 5.41) is 11.0. The highest BCUT2D eigenvalue weighted by Crippen LogP contribution is 2.38. The summed E-state index contributed by atoms with van der Waals surface area (Å²) in [4.78, 5) is 24.9. The second-order valence-corrected chi connectivity index (χ2v) is 8.89. The van der Waals surface area contributed by atoms with Crippen molar-refractivity contribution in [3.05, 3.63) is 0 Å². The number of ketones is 1. The Balaban J connectivity index is 2.20. The monoisotopic (exact) mass is 460 g/mol. The number of ether oxygens (including phenoxy) is 6. The molecule has 0 spiro atoms. The first-order chi connectivity index (χ1) is 15.2. The van der Waals surface area contributed by atoms with Crippen molar-refractivity contribution >= 4 is 11.8 Å². The third kappa shape index (κ3) is 7.20. The maximum atomic E-state index is 12.8. The maximum absolute atomic E-state index is 12.8. The minimum atomic E-state index is -1.81. The van der Waals surface area contributed by atoms with E-state index in [9.17, 15) is 14.7 Å². The molecular formula is C23H40O9. The summed E-state index contributed by atoms with van der Waals surface area (Å²) in [7, 11) is 1.24. The van der Waals surface area contributed by atoms with E-state index >= 15 is 0 Å². The molecule has 1 N–H and O–H groups in total. The number of aliphatic hydroxyl groups is 1. The van der Waals surface area contributed by atoms with Gasteiger partial charge in [0.15, 0.2) is 5.79 Å². The zero-order chi connectivity index (χ0) is 23.8. The highest BCUT2D eigenvalue weighted by molar-refractivity contribution is 5.79. The van der Waals surface area contributed by atoms with Gasteiger partial charge in [-0.05, 0) is 26.7 Å². The molecule has 2 heterocycles. The van der Waals surface area contributed by atoms with Gasteiger partial charge in [0.2, 0.25) is 0 Å². The highest BCUT2D eigenvalue weighted by Gasteiger charge is 2.57. The zero-order valence-corrected chi connectivity index (χ0v) is 20.1. The second-order valence-electron chi connectivity index (χ2n) is 8.89. The molecule has 0 radical (unpaired) electrons. The van der Waals surface area contributed by atoms with Gasteiger partial charge in [0.25, 0.3) is 5.79 Å². The Morgan fingerprint density at radius 3 is 2.38 bits per heavy atom. The molecule has 2 aliphatic rings. The fraction of sp³-hybridized carbons (Fsp3) is 0.913. The lowest BCUT2D eigenvalue weighted by Gasteiger charge is -2.45. The van der Waals surface area contributed by atoms with Crippen LogP contribution in [0.15, 0.2) is 0 Å². The number of hydrogen-bond acceptors (Lipinski definition) is 9. The number of Topliss-reactive ketones (excluding diaryl/α,β-unsaturated/α-hetero) is 1. The molecule has 32 heavy (non-hydrogen) atoms. The van der Waals surface area contributed by atoms with Gasteiger partial charge < -0.3 is 33.5 Å². The summed E-state index contributed by atoms with van der Waals surface area (Å²) in [5.74, 6) is -3.33. The standard InChI is InChI=1S/C23H40O9/c1-6-8-10-16(24)11-13-29-23(21(26)27-5)14-17(28-12-9-7-2)19(25)20(32-23)18-15-30-22(3,4)31-18/h17-20,25H,6-15H2,1-5H3/t17-,18-,19-,20?,23-/m1/s1. The number of carbonyl (C=O) groups is 2. The molecule has 0 aliphatic carbocycles. The maximum Gasteiger partial charge on any atom is 0.366 e. The van der Waals surface area contributed by atoms with Crippen molar-refractivity contribution in [2.24, 2.45) is 0 Å². The van der Waals surface area contributed by atoms with Gasteiger partial charge in [-0.3, -0.25) is 4.79 Å². The van der Waals surface area contributed by atoms with Crippen molar-refractivity contribution in [3.63, 3.8) is 0 Å². The Kier molecular flexibility index (Phi) is 10.5. The van der Waals surface area contributed by atoms with Crippen LogP contribution in [0.4, 0.5) is 0 Å². The summed E-state index contributed by atoms with van der Waals surface area (Å²) in [6.07, 6.45) is 0.698. The Morgan fingerprint density at radius 2 is 1.78 bits per heavy atom. The number of rotatable bonds is 13. The minimum Gasteiger partial charge on any atom is -0.465 e. The zero-order valence-electron chi connectivity index (χ0n) is 20.1. The van der Waals surface area contributed by atoms with Crippen molar-refractivity contribution in [2.45, 2.75) is 109 Å². The van der Waals surface area contributed by atoms with Crippen molar-refractivity contribution in [2.75, 3.05) is 26.9 Å². The quantitative estimate of drug-likeness (QED) is 0.327. The smallest absolute Gasteiger partial charge is 0.366 e. The number of aliphatic hydroxyl groups excluding tert-OH is 1. The van der Waals surface area contributed by atoms with E-state index in [1.165, 1.54) is 7.11 Å². The van der Waals surface area contributed by atoms with E-state index in [4.69, 9.17) is 28.4 Å². The fourth-order valence-electron chi connectivity index (χ4n) is 3.91. The van der Waals surface area contributed by atoms with Gasteiger partial charge in [-0.25, -0.2) is 4.79 Å². The molecule has 0 bridgehead atoms. The van der Waals surface area contributed by atoms with Gasteiger partial charge in [0.05, 0.1) is 26.4 Å². The molecule has 9 heteroatoms. The summed E-state index contributed by atoms with van der Waals surface area (Å²) in [6, 6.07) is 0. The predicted octanol–water partition coefficient (Wildman–Crippen LogP) is 2.51. The summed E-state index contributed by atoms with van der Waals surface area (Å²) in [5.41, 5.74) is 0. The molecule has 0 aromatic heterocycles. The fourth-order valence-corrected chi connectivity index (χ4v) is 3.91. The third-order valence-electron chi connectivity index (χ3n) is 5.76. The van der Waals surface area contributed by atoms with E-state index < -0.39 is 42.0 Å². The van der Waals surface area contributed by atoms with Crippen molar-refractivity contribution < 1.29 is 43.1 Å². The van der Waals surface area contributed by atoms with E-state index in [0.29, 0.717) is 13.0 Å². The first kappa shape index (κ1) is 27.1. The Labute approximate surface area is 191 Å². The van der Waals surface area contributed by atoms with Crippen LogP contribution >= 0.6 is 0 Å². The van der Waals surface area contributed by atoms with Gasteiger partial charge in [-0.2, -0.15) is 0 Å². The summed E-state index contributed by atoms with van der Waals surface area (Å²) < 4.78 is 34.4. The molecule has 2 rings (SSSR count). The lowest BCUT2D eigenvalue weighted by Crippen LogP contribution is -2.63. The molecule has 0 amide bonds. The van der Waals surface area contributed by atoms with Crippen LogP contribution in [0.5, 0.6) is 0 Å². The molecule has 0 aromatic rings. The predicted molar refractivity (Wildman–Crippen MR) is 115 cm³/mol. The van der Waals surface area contributed by atoms with Gasteiger partial charge in [0, 0.05) is 25.9 Å². The topological polar surface area (TPSA) is 110 Å². The first-order valence-corrected chi connectivity index (χ1v) is 11.7. The van der Waals surface area contributed by atoms with Gasteiger partial charge in [-0.15, -0.1) is 0 Å². The van der Waals surface area contributed by atoms with E-state index in [1.54, 1.807) is 13.8 Å².